The molecule has 3 N–H and O–H groups in total. The summed E-state index contributed by atoms with van der Waals surface area (Å²) in [5.41, 5.74) is 11.9. The summed E-state index contributed by atoms with van der Waals surface area (Å²) in [5.74, 6) is 0.0693. The number of rotatable bonds is 3. The molecule has 24 heavy (non-hydrogen) atoms. The quantitative estimate of drug-likeness (QED) is 0.912. The highest BCUT2D eigenvalue weighted by atomic mass is 16.2. The number of anilines is 1. The van der Waals surface area contributed by atoms with Gasteiger partial charge in [-0.3, -0.25) is 4.79 Å². The van der Waals surface area contributed by atoms with Gasteiger partial charge in [0.15, 0.2) is 0 Å². The third-order valence-electron chi connectivity index (χ3n) is 4.73. The van der Waals surface area contributed by atoms with Crippen LogP contribution in [0.4, 0.5) is 5.69 Å². The van der Waals surface area contributed by atoms with Gasteiger partial charge in [-0.25, -0.2) is 0 Å². The molecule has 1 aliphatic heterocycles. The van der Waals surface area contributed by atoms with Crippen LogP contribution in [0.5, 0.6) is 0 Å². The first-order valence-electron chi connectivity index (χ1n) is 8.44. The van der Waals surface area contributed by atoms with Crippen LogP contribution < -0.4 is 16.0 Å². The van der Waals surface area contributed by atoms with E-state index < -0.39 is 0 Å². The van der Waals surface area contributed by atoms with Crippen molar-refractivity contribution < 1.29 is 4.79 Å². The van der Waals surface area contributed by atoms with Crippen LogP contribution in [-0.4, -0.2) is 19.0 Å². The molecule has 0 unspecified atom stereocenters. The number of nitrogens with two attached hydrogens (primary N) is 1. The molecule has 0 saturated heterocycles. The summed E-state index contributed by atoms with van der Waals surface area (Å²) < 4.78 is 0. The van der Waals surface area contributed by atoms with Crippen LogP contribution >= 0.6 is 0 Å². The van der Waals surface area contributed by atoms with Crippen LogP contribution in [0.2, 0.25) is 0 Å². The Bertz CT molecular complexity index is 739. The van der Waals surface area contributed by atoms with Crippen LogP contribution in [0.3, 0.4) is 0 Å². The van der Waals surface area contributed by atoms with Crippen molar-refractivity contribution in [2.24, 2.45) is 5.73 Å². The third-order valence-corrected chi connectivity index (χ3v) is 4.73. The molecule has 1 aliphatic rings. The van der Waals surface area contributed by atoms with Gasteiger partial charge < -0.3 is 16.0 Å². The van der Waals surface area contributed by atoms with Crippen molar-refractivity contribution in [2.45, 2.75) is 38.9 Å². The molecule has 126 valence electrons. The molecule has 0 saturated carbocycles. The molecule has 0 spiro atoms. The summed E-state index contributed by atoms with van der Waals surface area (Å²) in [5, 5.41) is 3.16. The highest BCUT2D eigenvalue weighted by Gasteiger charge is 2.30. The fourth-order valence-corrected chi connectivity index (χ4v) is 3.59. The van der Waals surface area contributed by atoms with E-state index in [1.807, 2.05) is 18.0 Å². The Hall–Kier alpha value is -2.17. The highest BCUT2D eigenvalue weighted by Crippen LogP contribution is 2.38. The molecule has 4 heteroatoms. The SMILES string of the molecule is CNCc1ccc(-c2ccc3c(c2)[C@H](N)C[C@H](C)N3C(C)=O)cc1. The van der Waals surface area contributed by atoms with E-state index in [1.54, 1.807) is 6.92 Å². The second-order valence-corrected chi connectivity index (χ2v) is 6.58. The van der Waals surface area contributed by atoms with E-state index in [0.29, 0.717) is 0 Å². The lowest BCUT2D eigenvalue weighted by molar-refractivity contribution is -0.117. The van der Waals surface area contributed by atoms with Crippen LogP contribution in [0.15, 0.2) is 42.5 Å². The number of nitrogens with one attached hydrogen (secondary N) is 1. The molecule has 0 aliphatic carbocycles. The number of benzene rings is 2. The molecule has 0 radical (unpaired) electrons. The predicted octanol–water partition coefficient (Wildman–Crippen LogP) is 3.22. The minimum Gasteiger partial charge on any atom is -0.324 e. The number of carbonyl (C=O) groups excluding carboxylic acids is 1. The van der Waals surface area contributed by atoms with Gasteiger partial charge in [-0.05, 0) is 54.8 Å². The summed E-state index contributed by atoms with van der Waals surface area (Å²) in [7, 11) is 1.94. The zero-order chi connectivity index (χ0) is 17.3. The monoisotopic (exact) mass is 323 g/mol. The van der Waals surface area contributed by atoms with E-state index in [9.17, 15) is 4.79 Å². The molecular weight excluding hydrogens is 298 g/mol. The zero-order valence-corrected chi connectivity index (χ0v) is 14.5. The van der Waals surface area contributed by atoms with Crippen LogP contribution in [-0.2, 0) is 11.3 Å². The topological polar surface area (TPSA) is 58.4 Å². The molecule has 2 aromatic rings. The molecule has 0 aromatic heterocycles. The number of nitrogens with zero attached hydrogens (tertiary/aromatic N) is 1. The standard InChI is InChI=1S/C20H25N3O/c1-13-10-19(21)18-11-17(8-9-20(18)23(13)14(2)24)16-6-4-15(5-7-16)12-22-3/h4-9,11,13,19,22H,10,12,21H2,1-3H3/t13-,19+/m0/s1. The Balaban J connectivity index is 1.98. The maximum Gasteiger partial charge on any atom is 0.224 e. The molecule has 4 nitrogen and oxygen atoms in total. The Morgan fingerprint density at radius 1 is 1.21 bits per heavy atom. The lowest BCUT2D eigenvalue weighted by Crippen LogP contribution is -2.43. The van der Waals surface area contributed by atoms with Crippen molar-refractivity contribution >= 4 is 11.6 Å². The van der Waals surface area contributed by atoms with Crippen molar-refractivity contribution in [3.05, 3.63) is 53.6 Å². The summed E-state index contributed by atoms with van der Waals surface area (Å²) in [6.45, 7) is 4.53. The fourth-order valence-electron chi connectivity index (χ4n) is 3.59. The highest BCUT2D eigenvalue weighted by molar-refractivity contribution is 5.94. The van der Waals surface area contributed by atoms with E-state index in [0.717, 1.165) is 35.3 Å². The average molecular weight is 323 g/mol. The summed E-state index contributed by atoms with van der Waals surface area (Å²) >= 11 is 0. The predicted molar refractivity (Wildman–Crippen MR) is 98.8 cm³/mol. The van der Waals surface area contributed by atoms with E-state index in [2.05, 4.69) is 48.6 Å². The smallest absolute Gasteiger partial charge is 0.224 e. The first-order chi connectivity index (χ1) is 11.5. The normalized spacial score (nSPS) is 19.9. The molecule has 0 bridgehead atoms. The van der Waals surface area contributed by atoms with Crippen molar-refractivity contribution in [1.82, 2.24) is 5.32 Å². The largest absolute Gasteiger partial charge is 0.324 e. The van der Waals surface area contributed by atoms with Gasteiger partial charge in [0.05, 0.1) is 0 Å². The molecule has 2 atom stereocenters. The van der Waals surface area contributed by atoms with Crippen molar-refractivity contribution in [3.63, 3.8) is 0 Å². The Morgan fingerprint density at radius 3 is 2.50 bits per heavy atom. The average Bonchev–Trinajstić information content (AvgIpc) is 2.55. The van der Waals surface area contributed by atoms with E-state index >= 15 is 0 Å². The number of carbonyl (C=O) groups is 1. The van der Waals surface area contributed by atoms with Gasteiger partial charge in [-0.2, -0.15) is 0 Å². The number of fused-ring (bicyclic) bond motifs is 1. The zero-order valence-electron chi connectivity index (χ0n) is 14.5. The minimum absolute atomic E-state index is 0.0332. The fraction of sp³-hybridized carbons (Fsp3) is 0.350. The molecule has 2 aromatic carbocycles. The van der Waals surface area contributed by atoms with Gasteiger partial charge in [-0.1, -0.05) is 30.3 Å². The second kappa shape index (κ2) is 6.75. The number of hydrogen-bond donors (Lipinski definition) is 2. The first kappa shape index (κ1) is 16.7. The van der Waals surface area contributed by atoms with Gasteiger partial charge in [0.1, 0.15) is 0 Å². The maximum atomic E-state index is 12.0. The summed E-state index contributed by atoms with van der Waals surface area (Å²) in [4.78, 5) is 13.9. The van der Waals surface area contributed by atoms with E-state index in [1.165, 1.54) is 5.56 Å². The summed E-state index contributed by atoms with van der Waals surface area (Å²) in [6, 6.07) is 14.9. The molecule has 0 fully saturated rings. The van der Waals surface area contributed by atoms with Gasteiger partial charge in [-0.15, -0.1) is 0 Å². The van der Waals surface area contributed by atoms with Crippen molar-refractivity contribution in [2.75, 3.05) is 11.9 Å². The first-order valence-corrected chi connectivity index (χ1v) is 8.44. The van der Waals surface area contributed by atoms with Gasteiger partial charge >= 0.3 is 0 Å². The Kier molecular flexibility index (Phi) is 4.69. The molecular formula is C20H25N3O. The van der Waals surface area contributed by atoms with Gasteiger partial charge in [0.2, 0.25) is 5.91 Å². The molecule has 1 heterocycles. The lowest BCUT2D eigenvalue weighted by atomic mass is 9.89. The Labute approximate surface area is 143 Å². The second-order valence-electron chi connectivity index (χ2n) is 6.58. The number of amides is 1. The Morgan fingerprint density at radius 2 is 1.88 bits per heavy atom. The third kappa shape index (κ3) is 3.07. The summed E-state index contributed by atoms with van der Waals surface area (Å²) in [6.07, 6.45) is 0.789. The molecule has 1 amide bonds. The lowest BCUT2D eigenvalue weighted by Gasteiger charge is -2.38. The van der Waals surface area contributed by atoms with Gasteiger partial charge in [0, 0.05) is 31.2 Å². The van der Waals surface area contributed by atoms with Crippen molar-refractivity contribution in [3.8, 4) is 11.1 Å². The minimum atomic E-state index is -0.0332. The van der Waals surface area contributed by atoms with E-state index in [4.69, 9.17) is 5.73 Å². The van der Waals surface area contributed by atoms with Gasteiger partial charge in [0.25, 0.3) is 0 Å². The maximum absolute atomic E-state index is 12.0. The van der Waals surface area contributed by atoms with Crippen LogP contribution in [0.25, 0.3) is 11.1 Å². The number of hydrogen-bond acceptors (Lipinski definition) is 3. The van der Waals surface area contributed by atoms with Crippen LogP contribution in [0.1, 0.15) is 37.4 Å². The van der Waals surface area contributed by atoms with E-state index in [-0.39, 0.29) is 18.0 Å². The molecule has 3 rings (SSSR count). The van der Waals surface area contributed by atoms with Crippen LogP contribution in [0, 0.1) is 0 Å². The van der Waals surface area contributed by atoms with Crippen molar-refractivity contribution in [1.29, 1.82) is 0 Å².